The van der Waals surface area contributed by atoms with Gasteiger partial charge in [-0.05, 0) is 41.6 Å². The second-order valence-corrected chi connectivity index (χ2v) is 5.24. The zero-order chi connectivity index (χ0) is 12.5. The first-order chi connectivity index (χ1) is 8.74. The molecule has 0 radical (unpaired) electrons. The van der Waals surface area contributed by atoms with Crippen LogP contribution in [0.1, 0.15) is 5.56 Å². The van der Waals surface area contributed by atoms with Crippen LogP contribution in [0.3, 0.4) is 0 Å². The lowest BCUT2D eigenvalue weighted by Gasteiger charge is -2.06. The van der Waals surface area contributed by atoms with Crippen LogP contribution in [0.4, 0.5) is 11.5 Å². The summed E-state index contributed by atoms with van der Waals surface area (Å²) in [6.07, 6.45) is 3.49. The van der Waals surface area contributed by atoms with E-state index >= 15 is 0 Å². The van der Waals surface area contributed by atoms with Crippen molar-refractivity contribution in [2.75, 3.05) is 5.32 Å². The second kappa shape index (κ2) is 4.56. The van der Waals surface area contributed by atoms with Crippen LogP contribution >= 0.6 is 22.6 Å². The summed E-state index contributed by atoms with van der Waals surface area (Å²) in [6, 6.07) is 8.23. The van der Waals surface area contributed by atoms with Crippen molar-refractivity contribution in [1.82, 2.24) is 15.0 Å². The topological polar surface area (TPSA) is 53.6 Å². The lowest BCUT2D eigenvalue weighted by Crippen LogP contribution is -1.95. The van der Waals surface area contributed by atoms with Gasteiger partial charge in [0.25, 0.3) is 0 Å². The number of nitrogens with one attached hydrogen (secondary N) is 2. The number of aromatic nitrogens is 3. The van der Waals surface area contributed by atoms with Gasteiger partial charge < -0.3 is 10.3 Å². The molecule has 3 aromatic rings. The lowest BCUT2D eigenvalue weighted by atomic mass is 10.2. The van der Waals surface area contributed by atoms with Gasteiger partial charge in [0.05, 0.1) is 5.39 Å². The Balaban J connectivity index is 2.04. The van der Waals surface area contributed by atoms with E-state index in [4.69, 9.17) is 0 Å². The summed E-state index contributed by atoms with van der Waals surface area (Å²) in [5, 5.41) is 4.35. The van der Waals surface area contributed by atoms with Gasteiger partial charge in [0.15, 0.2) is 0 Å². The van der Waals surface area contributed by atoms with Crippen molar-refractivity contribution in [1.29, 1.82) is 0 Å². The van der Waals surface area contributed by atoms with Crippen LogP contribution in [-0.4, -0.2) is 15.0 Å². The molecule has 0 saturated heterocycles. The van der Waals surface area contributed by atoms with Crippen molar-refractivity contribution >= 4 is 45.1 Å². The van der Waals surface area contributed by atoms with Crippen molar-refractivity contribution in [3.8, 4) is 0 Å². The van der Waals surface area contributed by atoms with Gasteiger partial charge in [0.1, 0.15) is 17.8 Å². The molecule has 2 aromatic heterocycles. The number of fused-ring (bicyclic) bond motifs is 1. The Morgan fingerprint density at radius 2 is 1.94 bits per heavy atom. The number of nitrogens with zero attached hydrogens (tertiary/aromatic N) is 2. The Bertz CT molecular complexity index is 688. The molecule has 90 valence electrons. The second-order valence-electron chi connectivity index (χ2n) is 4.07. The first-order valence-corrected chi connectivity index (χ1v) is 6.63. The Kier molecular flexibility index (Phi) is 2.91. The number of aryl methyl sites for hydroxylation is 1. The van der Waals surface area contributed by atoms with Crippen LogP contribution in [0.2, 0.25) is 0 Å². The third-order valence-corrected chi connectivity index (χ3v) is 3.59. The highest BCUT2D eigenvalue weighted by Crippen LogP contribution is 2.26. The molecule has 2 N–H and O–H groups in total. The van der Waals surface area contributed by atoms with Crippen LogP contribution in [0.25, 0.3) is 11.0 Å². The van der Waals surface area contributed by atoms with E-state index in [0.717, 1.165) is 26.1 Å². The number of anilines is 2. The molecule has 0 atom stereocenters. The molecule has 0 aliphatic heterocycles. The van der Waals surface area contributed by atoms with Crippen LogP contribution in [0.15, 0.2) is 36.8 Å². The first-order valence-electron chi connectivity index (χ1n) is 5.55. The molecule has 0 spiro atoms. The van der Waals surface area contributed by atoms with Gasteiger partial charge in [-0.1, -0.05) is 17.7 Å². The van der Waals surface area contributed by atoms with Gasteiger partial charge >= 0.3 is 0 Å². The third kappa shape index (κ3) is 2.05. The average molecular weight is 350 g/mol. The van der Waals surface area contributed by atoms with Gasteiger partial charge in [-0.2, -0.15) is 0 Å². The Labute approximate surface area is 118 Å². The third-order valence-electron chi connectivity index (χ3n) is 2.74. The summed E-state index contributed by atoms with van der Waals surface area (Å²) in [5.74, 6) is 0.828. The van der Waals surface area contributed by atoms with Crippen LogP contribution in [-0.2, 0) is 0 Å². The van der Waals surface area contributed by atoms with Crippen molar-refractivity contribution in [2.45, 2.75) is 6.92 Å². The molecule has 1 aromatic carbocycles. The van der Waals surface area contributed by atoms with E-state index in [0.29, 0.717) is 0 Å². The number of halogens is 1. The van der Waals surface area contributed by atoms with Gasteiger partial charge in [-0.25, -0.2) is 9.97 Å². The Morgan fingerprint density at radius 3 is 2.72 bits per heavy atom. The minimum atomic E-state index is 0.828. The summed E-state index contributed by atoms with van der Waals surface area (Å²) in [6.45, 7) is 2.07. The maximum Gasteiger partial charge on any atom is 0.144 e. The monoisotopic (exact) mass is 350 g/mol. The van der Waals surface area contributed by atoms with Crippen LogP contribution in [0.5, 0.6) is 0 Å². The van der Waals surface area contributed by atoms with Gasteiger partial charge in [0.2, 0.25) is 0 Å². The molecular formula is C13H11IN4. The molecule has 0 unspecified atom stereocenters. The fourth-order valence-corrected chi connectivity index (χ4v) is 2.46. The van der Waals surface area contributed by atoms with Crippen molar-refractivity contribution in [3.05, 3.63) is 45.9 Å². The zero-order valence-electron chi connectivity index (χ0n) is 9.74. The van der Waals surface area contributed by atoms with Crippen molar-refractivity contribution < 1.29 is 0 Å². The predicted molar refractivity (Wildman–Crippen MR) is 81.1 cm³/mol. The van der Waals surface area contributed by atoms with E-state index < -0.39 is 0 Å². The molecule has 3 rings (SSSR count). The molecule has 0 aliphatic rings. The minimum Gasteiger partial charge on any atom is -0.345 e. The SMILES string of the molecule is Cc1ccc(Nc2ncnc3[nH]cc(I)c23)cc1. The molecule has 0 saturated carbocycles. The number of H-pyrrole nitrogens is 1. The first kappa shape index (κ1) is 11.5. The van der Waals surface area contributed by atoms with Crippen molar-refractivity contribution in [2.24, 2.45) is 0 Å². The van der Waals surface area contributed by atoms with Gasteiger partial charge in [0, 0.05) is 15.5 Å². The molecule has 4 nitrogen and oxygen atoms in total. The molecule has 0 aliphatic carbocycles. The highest BCUT2D eigenvalue weighted by atomic mass is 127. The minimum absolute atomic E-state index is 0.828. The highest BCUT2D eigenvalue weighted by molar-refractivity contribution is 14.1. The fourth-order valence-electron chi connectivity index (χ4n) is 1.79. The molecule has 5 heteroatoms. The van der Waals surface area contributed by atoms with E-state index in [1.807, 2.05) is 18.3 Å². The summed E-state index contributed by atoms with van der Waals surface area (Å²) in [4.78, 5) is 11.6. The summed E-state index contributed by atoms with van der Waals surface area (Å²) >= 11 is 2.28. The fraction of sp³-hybridized carbons (Fsp3) is 0.0769. The van der Waals surface area contributed by atoms with Crippen LogP contribution < -0.4 is 5.32 Å². The Hall–Kier alpha value is -1.63. The number of benzene rings is 1. The van der Waals surface area contributed by atoms with E-state index in [1.54, 1.807) is 6.33 Å². The standard InChI is InChI=1S/C13H11IN4/c1-8-2-4-9(5-3-8)18-13-11-10(14)6-15-12(11)16-7-17-13/h2-7H,1H3,(H2,15,16,17,18). The summed E-state index contributed by atoms with van der Waals surface area (Å²) < 4.78 is 1.11. The van der Waals surface area contributed by atoms with Crippen molar-refractivity contribution in [3.63, 3.8) is 0 Å². The maximum absolute atomic E-state index is 4.31. The normalized spacial score (nSPS) is 10.8. The smallest absolute Gasteiger partial charge is 0.144 e. The lowest BCUT2D eigenvalue weighted by molar-refractivity contribution is 1.20. The molecular weight excluding hydrogens is 339 g/mol. The summed E-state index contributed by atoms with van der Waals surface area (Å²) in [7, 11) is 0. The quantitative estimate of drug-likeness (QED) is 0.695. The van der Waals surface area contributed by atoms with Crippen LogP contribution in [0, 0.1) is 10.5 Å². The predicted octanol–water partition coefficient (Wildman–Crippen LogP) is 3.61. The largest absolute Gasteiger partial charge is 0.345 e. The Morgan fingerprint density at radius 1 is 1.17 bits per heavy atom. The number of rotatable bonds is 2. The average Bonchev–Trinajstić information content (AvgIpc) is 2.75. The van der Waals surface area contributed by atoms with Gasteiger partial charge in [-0.15, -0.1) is 0 Å². The number of aromatic amines is 1. The summed E-state index contributed by atoms with van der Waals surface area (Å²) in [5.41, 5.74) is 3.12. The highest BCUT2D eigenvalue weighted by Gasteiger charge is 2.09. The van der Waals surface area contributed by atoms with E-state index in [1.165, 1.54) is 5.56 Å². The van der Waals surface area contributed by atoms with Gasteiger partial charge in [-0.3, -0.25) is 0 Å². The van der Waals surface area contributed by atoms with E-state index in [9.17, 15) is 0 Å². The molecule has 0 amide bonds. The maximum atomic E-state index is 4.31. The number of hydrogen-bond donors (Lipinski definition) is 2. The molecule has 0 bridgehead atoms. The number of hydrogen-bond acceptors (Lipinski definition) is 3. The molecule has 0 fully saturated rings. The zero-order valence-corrected chi connectivity index (χ0v) is 11.9. The van der Waals surface area contributed by atoms with E-state index in [-0.39, 0.29) is 0 Å². The molecule has 18 heavy (non-hydrogen) atoms. The van der Waals surface area contributed by atoms with E-state index in [2.05, 4.69) is 61.9 Å². The molecule has 2 heterocycles.